The number of carbonyl (C=O) groups is 3. The molecule has 59 heavy (non-hydrogen) atoms. The first kappa shape index (κ1) is 42.5. The van der Waals surface area contributed by atoms with Crippen molar-refractivity contribution >= 4 is 54.4 Å². The van der Waals surface area contributed by atoms with Crippen LogP contribution in [-0.4, -0.2) is 135 Å². The van der Waals surface area contributed by atoms with Crippen molar-refractivity contribution in [3.05, 3.63) is 83.1 Å². The largest absolute Gasteiger partial charge is 0.741 e. The van der Waals surface area contributed by atoms with Crippen molar-refractivity contribution in [2.45, 2.75) is 49.4 Å². The van der Waals surface area contributed by atoms with E-state index in [2.05, 4.69) is 0 Å². The SMILES string of the molecule is C[C@@H](O)C1C(=O)N2C(C(=O)OCc3ccccc3)=C(CN3c4cccc5c(CC[N+]67CC[N+](CC(=O)[O-])(CC6)CC7)ccc(c45)S3(=O)=O)[C@H](C)C12.O=S(=O)([O-])C(F)(F)F. The van der Waals surface area contributed by atoms with E-state index in [0.29, 0.717) is 21.1 Å². The third kappa shape index (κ3) is 7.58. The first-order chi connectivity index (χ1) is 27.6. The average Bonchev–Trinajstić information content (AvgIpc) is 3.54. The number of carbonyl (C=O) groups excluding carboxylic acids is 3. The van der Waals surface area contributed by atoms with Crippen LogP contribution in [0.2, 0.25) is 0 Å². The number of hydrogen-bond donors (Lipinski definition) is 1. The second-order valence-electron chi connectivity index (χ2n) is 16.1. The fraction of sp³-hybridized carbons (Fsp3) is 0.462. The summed E-state index contributed by atoms with van der Waals surface area (Å²) < 4.78 is 96.1. The molecule has 0 saturated carbocycles. The smallest absolute Gasteiger partial charge is 0.485 e. The molecule has 2 unspecified atom stereocenters. The highest BCUT2D eigenvalue weighted by molar-refractivity contribution is 7.93. The Morgan fingerprint density at radius 1 is 0.983 bits per heavy atom. The molecule has 0 radical (unpaired) electrons. The van der Waals surface area contributed by atoms with E-state index < -0.39 is 61.6 Å². The van der Waals surface area contributed by atoms with Crippen molar-refractivity contribution in [3.63, 3.8) is 0 Å². The third-order valence-corrected chi connectivity index (χ3v) is 15.1. The molecule has 3 aromatic rings. The van der Waals surface area contributed by atoms with Crippen molar-refractivity contribution in [2.24, 2.45) is 11.8 Å². The van der Waals surface area contributed by atoms with Gasteiger partial charge in [-0.3, -0.25) is 9.10 Å². The maximum Gasteiger partial charge on any atom is 0.485 e. The van der Waals surface area contributed by atoms with E-state index in [4.69, 9.17) is 17.7 Å². The van der Waals surface area contributed by atoms with E-state index in [0.717, 1.165) is 73.2 Å². The van der Waals surface area contributed by atoms with Gasteiger partial charge in [-0.05, 0) is 41.1 Å². The summed E-state index contributed by atoms with van der Waals surface area (Å²) in [6.45, 7) is 9.45. The lowest BCUT2D eigenvalue weighted by Crippen LogP contribution is -2.76. The van der Waals surface area contributed by atoms with Crippen LogP contribution in [0.5, 0.6) is 0 Å². The van der Waals surface area contributed by atoms with E-state index >= 15 is 0 Å². The zero-order chi connectivity index (χ0) is 42.9. The topological polar surface area (TPSA) is 202 Å². The summed E-state index contributed by atoms with van der Waals surface area (Å²) in [7, 11) is -10.1. The molecule has 0 spiro atoms. The van der Waals surface area contributed by atoms with Gasteiger partial charge in [0.15, 0.2) is 10.1 Å². The number of aliphatic hydroxyl groups excluding tert-OH is 1. The number of aliphatic carboxylic acids is 1. The van der Waals surface area contributed by atoms with Gasteiger partial charge in [-0.2, -0.15) is 13.2 Å². The summed E-state index contributed by atoms with van der Waals surface area (Å²) >= 11 is 0. The maximum atomic E-state index is 14.3. The molecule has 3 aromatic carbocycles. The highest BCUT2D eigenvalue weighted by Gasteiger charge is 2.60. The Morgan fingerprint density at radius 2 is 1.59 bits per heavy atom. The Kier molecular flexibility index (Phi) is 10.9. The number of aliphatic hydroxyl groups is 1. The van der Waals surface area contributed by atoms with Gasteiger partial charge in [-0.15, -0.1) is 0 Å². The predicted octanol–water partition coefficient (Wildman–Crippen LogP) is 1.21. The summed E-state index contributed by atoms with van der Waals surface area (Å²) in [4.78, 5) is 40.1. The van der Waals surface area contributed by atoms with Gasteiger partial charge in [-0.1, -0.05) is 55.5 Å². The third-order valence-electron chi connectivity index (χ3n) is 12.7. The Balaban J connectivity index is 0.000000600. The summed E-state index contributed by atoms with van der Waals surface area (Å²) in [6, 6.07) is 17.9. The number of esters is 1. The van der Waals surface area contributed by atoms with E-state index in [9.17, 15) is 46.2 Å². The van der Waals surface area contributed by atoms with Crippen LogP contribution in [0.3, 0.4) is 0 Å². The van der Waals surface area contributed by atoms with Crippen LogP contribution in [0.25, 0.3) is 10.8 Å². The van der Waals surface area contributed by atoms with Crippen molar-refractivity contribution in [1.82, 2.24) is 4.90 Å². The molecule has 318 valence electrons. The Bertz CT molecular complexity index is 2440. The van der Waals surface area contributed by atoms with Crippen molar-refractivity contribution < 1.29 is 72.9 Å². The first-order valence-electron chi connectivity index (χ1n) is 19.0. The van der Waals surface area contributed by atoms with Crippen LogP contribution in [0.1, 0.15) is 25.0 Å². The Hall–Kier alpha value is -4.60. The van der Waals surface area contributed by atoms with Crippen molar-refractivity contribution in [1.29, 1.82) is 0 Å². The summed E-state index contributed by atoms with van der Waals surface area (Å²) in [5, 5.41) is 23.4. The number of anilines is 1. The van der Waals surface area contributed by atoms with Gasteiger partial charge in [0.1, 0.15) is 58.1 Å². The number of alkyl halides is 3. The number of ether oxygens (including phenoxy) is 1. The minimum absolute atomic E-state index is 0.00723. The van der Waals surface area contributed by atoms with Gasteiger partial charge in [0.05, 0.1) is 47.7 Å². The lowest BCUT2D eigenvalue weighted by atomic mass is 9.78. The van der Waals surface area contributed by atoms with Gasteiger partial charge in [-0.25, -0.2) is 21.6 Å². The normalized spacial score (nSPS) is 27.2. The second kappa shape index (κ2) is 15.1. The lowest BCUT2D eigenvalue weighted by molar-refractivity contribution is -1.08. The highest BCUT2D eigenvalue weighted by Crippen LogP contribution is 2.50. The lowest BCUT2D eigenvalue weighted by Gasteiger charge is -2.55. The minimum atomic E-state index is -6.09. The van der Waals surface area contributed by atoms with Gasteiger partial charge >= 0.3 is 11.5 Å². The number of hydrogen-bond acceptors (Lipinski definition) is 11. The number of rotatable bonds is 11. The molecule has 4 atom stereocenters. The van der Waals surface area contributed by atoms with Gasteiger partial charge in [0.25, 0.3) is 10.0 Å². The molecule has 1 amide bonds. The number of β-lactam (4-membered cyclic amide) rings is 1. The Morgan fingerprint density at radius 3 is 2.17 bits per heavy atom. The molecule has 6 aliphatic rings. The summed E-state index contributed by atoms with van der Waals surface area (Å²) in [5.41, 5.74) is -2.74. The van der Waals surface area contributed by atoms with Crippen molar-refractivity contribution in [3.8, 4) is 0 Å². The maximum absolute atomic E-state index is 14.3. The fourth-order valence-electron chi connectivity index (χ4n) is 9.41. The number of benzene rings is 3. The number of halogens is 3. The molecular formula is C39H43F3N4O11S2. The standard InChI is InChI=1S/C38H43N4O8S.CHF3O3S/c1-24-29(36(40-35(24)33(25(2)43)37(40)46)38(47)50-23-26-7-4-3-5-8-26)21-39-30-10-6-9-28-27(11-12-31(34(28)30)51(39,48)49)13-14-41-15-18-42(19-16-41,20-17-41)22-32(44)45;2-1(3,4)8(5,6)7/h3-12,24-25,33,35,43H,13-23H2,1-2H3;(H,5,6,7)/q+1;/p-1/t24-,25+,33?,35?,41?,42?;/m0./s1. The van der Waals surface area contributed by atoms with Crippen LogP contribution in [0, 0.1) is 11.8 Å². The van der Waals surface area contributed by atoms with Crippen LogP contribution < -0.4 is 9.41 Å². The quantitative estimate of drug-likeness (QED) is 0.0955. The van der Waals surface area contributed by atoms with Gasteiger partial charge in [0.2, 0.25) is 5.91 Å². The fourth-order valence-corrected chi connectivity index (χ4v) is 11.1. The minimum Gasteiger partial charge on any atom is -0.741 e. The molecule has 4 saturated heterocycles. The van der Waals surface area contributed by atoms with Gasteiger partial charge in [0, 0.05) is 17.7 Å². The average molecular weight is 865 g/mol. The molecule has 9 rings (SSSR count). The van der Waals surface area contributed by atoms with E-state index in [1.165, 1.54) is 9.21 Å². The zero-order valence-corrected chi connectivity index (χ0v) is 33.8. The monoisotopic (exact) mass is 864 g/mol. The molecule has 4 fully saturated rings. The number of carboxylic acids is 1. The second-order valence-corrected chi connectivity index (χ2v) is 19.3. The summed E-state index contributed by atoms with van der Waals surface area (Å²) in [5.74, 6) is -3.17. The number of quaternary nitrogens is 2. The highest BCUT2D eigenvalue weighted by atomic mass is 32.2. The van der Waals surface area contributed by atoms with Crippen LogP contribution >= 0.6 is 0 Å². The number of sulfonamides is 1. The van der Waals surface area contributed by atoms with E-state index in [1.54, 1.807) is 19.1 Å². The molecular weight excluding hydrogens is 822 g/mol. The molecule has 15 nitrogen and oxygen atoms in total. The van der Waals surface area contributed by atoms with Gasteiger partial charge < -0.3 is 38.2 Å². The summed E-state index contributed by atoms with van der Waals surface area (Å²) in [6.07, 6.45) is -0.182. The van der Waals surface area contributed by atoms with E-state index in [1.807, 2.05) is 55.5 Å². The van der Waals surface area contributed by atoms with Crippen LogP contribution in [-0.2, 0) is 52.3 Å². The first-order valence-corrected chi connectivity index (χ1v) is 21.9. The van der Waals surface area contributed by atoms with Crippen LogP contribution in [0.15, 0.2) is 76.8 Å². The molecule has 0 aromatic heterocycles. The number of nitrogens with zero attached hydrogens (tertiary/aromatic N) is 4. The Labute approximate surface area is 338 Å². The molecule has 2 bridgehead atoms. The van der Waals surface area contributed by atoms with Crippen molar-refractivity contribution in [2.75, 3.05) is 63.2 Å². The van der Waals surface area contributed by atoms with Crippen LogP contribution in [0.4, 0.5) is 18.9 Å². The number of amides is 1. The van der Waals surface area contributed by atoms with E-state index in [-0.39, 0.29) is 36.2 Å². The zero-order valence-electron chi connectivity index (χ0n) is 32.1. The number of piperazine rings is 3. The predicted molar refractivity (Wildman–Crippen MR) is 201 cm³/mol. The molecule has 6 aliphatic heterocycles. The number of fused-ring (bicyclic) bond motifs is 4. The molecule has 0 aliphatic carbocycles. The molecule has 20 heteroatoms. The molecule has 6 heterocycles. The molecule has 1 N–H and O–H groups in total. The number of carboxylic acid groups (broad SMARTS) is 1.